The number of carbonyl (C=O) groups is 1. The number of nitrogens with zero attached hydrogens (tertiary/aromatic N) is 3. The lowest BCUT2D eigenvalue weighted by molar-refractivity contribution is 0.0964. The SMILES string of the molecule is O=C(O)N1CCN(c2ccccc2F)CC1COc1cccnc1. The normalized spacial score (nSPS) is 17.6. The van der Waals surface area contributed by atoms with Gasteiger partial charge in [-0.2, -0.15) is 0 Å². The van der Waals surface area contributed by atoms with Gasteiger partial charge in [0, 0.05) is 25.8 Å². The highest BCUT2D eigenvalue weighted by Crippen LogP contribution is 2.23. The van der Waals surface area contributed by atoms with E-state index < -0.39 is 12.1 Å². The van der Waals surface area contributed by atoms with E-state index in [1.807, 2.05) is 4.90 Å². The van der Waals surface area contributed by atoms with E-state index in [0.717, 1.165) is 0 Å². The first-order valence-corrected chi connectivity index (χ1v) is 7.67. The standard InChI is InChI=1S/C17H18FN3O3/c18-15-5-1-2-6-16(15)20-8-9-21(17(22)23)13(11-20)12-24-14-4-3-7-19-10-14/h1-7,10,13H,8-9,11-12H2,(H,22,23). The minimum atomic E-state index is -0.997. The fourth-order valence-electron chi connectivity index (χ4n) is 2.80. The lowest BCUT2D eigenvalue weighted by Gasteiger charge is -2.40. The average molecular weight is 331 g/mol. The van der Waals surface area contributed by atoms with E-state index in [1.54, 1.807) is 42.7 Å². The smallest absolute Gasteiger partial charge is 0.407 e. The molecule has 2 heterocycles. The van der Waals surface area contributed by atoms with Crippen LogP contribution in [0.15, 0.2) is 48.8 Å². The molecule has 2 aromatic rings. The topological polar surface area (TPSA) is 65.9 Å². The van der Waals surface area contributed by atoms with Gasteiger partial charge >= 0.3 is 6.09 Å². The van der Waals surface area contributed by atoms with Crippen LogP contribution < -0.4 is 9.64 Å². The molecule has 0 aliphatic carbocycles. The minimum Gasteiger partial charge on any atom is -0.490 e. The van der Waals surface area contributed by atoms with Gasteiger partial charge in [0.15, 0.2) is 0 Å². The summed E-state index contributed by atoms with van der Waals surface area (Å²) in [6.07, 6.45) is 2.21. The maximum absolute atomic E-state index is 14.0. The van der Waals surface area contributed by atoms with E-state index in [0.29, 0.717) is 31.1 Å². The van der Waals surface area contributed by atoms with Crippen molar-refractivity contribution in [3.63, 3.8) is 0 Å². The van der Waals surface area contributed by atoms with Crippen LogP contribution in [0.4, 0.5) is 14.9 Å². The lowest BCUT2D eigenvalue weighted by Crippen LogP contribution is -2.57. The quantitative estimate of drug-likeness (QED) is 0.932. The summed E-state index contributed by atoms with van der Waals surface area (Å²) in [5.74, 6) is 0.263. The summed E-state index contributed by atoms with van der Waals surface area (Å²) in [6.45, 7) is 1.29. The van der Waals surface area contributed by atoms with Crippen molar-refractivity contribution in [1.29, 1.82) is 0 Å². The fraction of sp³-hybridized carbons (Fsp3) is 0.294. The second-order valence-electron chi connectivity index (χ2n) is 5.53. The van der Waals surface area contributed by atoms with Crippen molar-refractivity contribution >= 4 is 11.8 Å². The summed E-state index contributed by atoms with van der Waals surface area (Å²) in [4.78, 5) is 18.6. The Bertz CT molecular complexity index is 698. The fourth-order valence-corrected chi connectivity index (χ4v) is 2.80. The number of para-hydroxylation sites is 1. The van der Waals surface area contributed by atoms with Crippen LogP contribution >= 0.6 is 0 Å². The molecule has 1 aliphatic heterocycles. The summed E-state index contributed by atoms with van der Waals surface area (Å²) in [5.41, 5.74) is 0.480. The van der Waals surface area contributed by atoms with Crippen molar-refractivity contribution < 1.29 is 19.0 Å². The Morgan fingerprint density at radius 1 is 1.29 bits per heavy atom. The number of aromatic nitrogens is 1. The van der Waals surface area contributed by atoms with Gasteiger partial charge in [-0.05, 0) is 24.3 Å². The van der Waals surface area contributed by atoms with Crippen molar-refractivity contribution in [2.45, 2.75) is 6.04 Å². The second-order valence-corrected chi connectivity index (χ2v) is 5.53. The monoisotopic (exact) mass is 331 g/mol. The van der Waals surface area contributed by atoms with Crippen LogP contribution in [0.25, 0.3) is 0 Å². The number of pyridine rings is 1. The highest BCUT2D eigenvalue weighted by Gasteiger charge is 2.31. The Labute approximate surface area is 139 Å². The van der Waals surface area contributed by atoms with E-state index in [-0.39, 0.29) is 12.4 Å². The predicted octanol–water partition coefficient (Wildman–Crippen LogP) is 2.47. The third-order valence-corrected chi connectivity index (χ3v) is 4.00. The van der Waals surface area contributed by atoms with Crippen LogP contribution in [0.5, 0.6) is 5.75 Å². The number of amides is 1. The van der Waals surface area contributed by atoms with E-state index in [2.05, 4.69) is 4.98 Å². The van der Waals surface area contributed by atoms with Gasteiger partial charge in [0.2, 0.25) is 0 Å². The van der Waals surface area contributed by atoms with E-state index in [4.69, 9.17) is 4.74 Å². The van der Waals surface area contributed by atoms with Gasteiger partial charge in [-0.25, -0.2) is 9.18 Å². The number of rotatable bonds is 4. The molecule has 1 unspecified atom stereocenters. The Morgan fingerprint density at radius 2 is 2.12 bits per heavy atom. The third kappa shape index (κ3) is 3.56. The first-order chi connectivity index (χ1) is 11.6. The summed E-state index contributed by atoms with van der Waals surface area (Å²) in [6, 6.07) is 9.62. The Kier molecular flexibility index (Phi) is 4.79. The van der Waals surface area contributed by atoms with Gasteiger partial charge in [-0.3, -0.25) is 9.88 Å². The highest BCUT2D eigenvalue weighted by atomic mass is 19.1. The van der Waals surface area contributed by atoms with Gasteiger partial charge in [0.25, 0.3) is 0 Å². The second kappa shape index (κ2) is 7.16. The van der Waals surface area contributed by atoms with Crippen LogP contribution in [0.1, 0.15) is 0 Å². The van der Waals surface area contributed by atoms with Crippen LogP contribution in [-0.4, -0.2) is 53.4 Å². The van der Waals surface area contributed by atoms with Crippen molar-refractivity contribution in [3.8, 4) is 5.75 Å². The summed E-state index contributed by atoms with van der Waals surface area (Å²) >= 11 is 0. The van der Waals surface area contributed by atoms with Gasteiger partial charge in [-0.15, -0.1) is 0 Å². The molecule has 1 fully saturated rings. The molecule has 7 heteroatoms. The summed E-state index contributed by atoms with van der Waals surface area (Å²) in [5, 5.41) is 9.38. The Hall–Kier alpha value is -2.83. The number of anilines is 1. The number of halogens is 1. The summed E-state index contributed by atoms with van der Waals surface area (Å²) < 4.78 is 19.6. The maximum atomic E-state index is 14.0. The zero-order valence-electron chi connectivity index (χ0n) is 13.0. The molecule has 1 aromatic heterocycles. The maximum Gasteiger partial charge on any atom is 0.407 e. The minimum absolute atomic E-state index is 0.183. The molecule has 1 N–H and O–H groups in total. The number of hydrogen-bond acceptors (Lipinski definition) is 4. The van der Waals surface area contributed by atoms with Crippen LogP contribution in [0, 0.1) is 5.82 Å². The molecule has 1 aromatic carbocycles. The van der Waals surface area contributed by atoms with Crippen LogP contribution in [-0.2, 0) is 0 Å². The van der Waals surface area contributed by atoms with Gasteiger partial charge in [0.1, 0.15) is 18.2 Å². The van der Waals surface area contributed by atoms with Gasteiger partial charge in [0.05, 0.1) is 17.9 Å². The van der Waals surface area contributed by atoms with Crippen molar-refractivity contribution in [2.24, 2.45) is 0 Å². The van der Waals surface area contributed by atoms with E-state index in [1.165, 1.54) is 11.0 Å². The number of benzene rings is 1. The van der Waals surface area contributed by atoms with Crippen LogP contribution in [0.3, 0.4) is 0 Å². The molecule has 126 valence electrons. The molecule has 0 saturated carbocycles. The molecule has 1 atom stereocenters. The molecule has 0 bridgehead atoms. The number of ether oxygens (including phenoxy) is 1. The molecule has 24 heavy (non-hydrogen) atoms. The highest BCUT2D eigenvalue weighted by molar-refractivity contribution is 5.66. The van der Waals surface area contributed by atoms with Crippen molar-refractivity contribution in [1.82, 2.24) is 9.88 Å². The predicted molar refractivity (Wildman–Crippen MR) is 86.9 cm³/mol. The molecule has 1 aliphatic rings. The van der Waals surface area contributed by atoms with Crippen molar-refractivity contribution in [3.05, 3.63) is 54.6 Å². The zero-order chi connectivity index (χ0) is 16.9. The first kappa shape index (κ1) is 16.0. The molecule has 6 nitrogen and oxygen atoms in total. The lowest BCUT2D eigenvalue weighted by atomic mass is 10.1. The number of hydrogen-bond donors (Lipinski definition) is 1. The van der Waals surface area contributed by atoms with E-state index in [9.17, 15) is 14.3 Å². The third-order valence-electron chi connectivity index (χ3n) is 4.00. The van der Waals surface area contributed by atoms with E-state index >= 15 is 0 Å². The average Bonchev–Trinajstić information content (AvgIpc) is 2.61. The van der Waals surface area contributed by atoms with Crippen LogP contribution in [0.2, 0.25) is 0 Å². The first-order valence-electron chi connectivity index (χ1n) is 7.67. The van der Waals surface area contributed by atoms with Gasteiger partial charge < -0.3 is 14.7 Å². The Morgan fingerprint density at radius 3 is 2.83 bits per heavy atom. The Balaban J connectivity index is 1.72. The zero-order valence-corrected chi connectivity index (χ0v) is 13.0. The number of piperazine rings is 1. The van der Waals surface area contributed by atoms with Crippen molar-refractivity contribution in [2.75, 3.05) is 31.1 Å². The van der Waals surface area contributed by atoms with Gasteiger partial charge in [-0.1, -0.05) is 12.1 Å². The molecular formula is C17H18FN3O3. The largest absolute Gasteiger partial charge is 0.490 e. The molecule has 3 rings (SSSR count). The molecule has 0 radical (unpaired) electrons. The summed E-state index contributed by atoms with van der Waals surface area (Å²) in [7, 11) is 0. The number of carboxylic acid groups (broad SMARTS) is 1. The molecule has 1 saturated heterocycles. The molecule has 1 amide bonds. The molecular weight excluding hydrogens is 313 g/mol. The molecule has 0 spiro atoms.